The van der Waals surface area contributed by atoms with Crippen molar-refractivity contribution in [2.45, 2.75) is 33.0 Å². The van der Waals surface area contributed by atoms with Gasteiger partial charge in [-0.05, 0) is 36.2 Å². The van der Waals surface area contributed by atoms with Gasteiger partial charge in [-0.3, -0.25) is 9.59 Å². The van der Waals surface area contributed by atoms with E-state index in [-0.39, 0.29) is 29.8 Å². The normalized spacial score (nSPS) is 16.7. The quantitative estimate of drug-likeness (QED) is 0.890. The van der Waals surface area contributed by atoms with Gasteiger partial charge in [0, 0.05) is 24.8 Å². The standard InChI is InChI=1S/C19H21F2N3O2/c1-12(2)10-24-17(11-23-7-3-4-16(23)19(24)26)18(25)22-9-13-8-14(20)5-6-15(13)21/h3-8,12,17H,9-11H2,1-2H3,(H,22,25). The van der Waals surface area contributed by atoms with Crippen LogP contribution >= 0.6 is 0 Å². The van der Waals surface area contributed by atoms with Gasteiger partial charge < -0.3 is 14.8 Å². The van der Waals surface area contributed by atoms with Gasteiger partial charge in [0.25, 0.3) is 5.91 Å². The molecule has 1 aromatic carbocycles. The van der Waals surface area contributed by atoms with Crippen molar-refractivity contribution in [2.24, 2.45) is 5.92 Å². The fourth-order valence-corrected chi connectivity index (χ4v) is 3.15. The number of hydrogen-bond donors (Lipinski definition) is 1. The van der Waals surface area contributed by atoms with Crippen molar-refractivity contribution in [3.8, 4) is 0 Å². The predicted molar refractivity (Wildman–Crippen MR) is 92.3 cm³/mol. The highest BCUT2D eigenvalue weighted by molar-refractivity contribution is 5.97. The largest absolute Gasteiger partial charge is 0.350 e. The van der Waals surface area contributed by atoms with Gasteiger partial charge >= 0.3 is 0 Å². The van der Waals surface area contributed by atoms with E-state index in [1.165, 1.54) is 0 Å². The zero-order chi connectivity index (χ0) is 18.8. The van der Waals surface area contributed by atoms with Crippen molar-refractivity contribution >= 4 is 11.8 Å². The first-order chi connectivity index (χ1) is 12.4. The zero-order valence-corrected chi connectivity index (χ0v) is 14.7. The molecule has 7 heteroatoms. The highest BCUT2D eigenvalue weighted by atomic mass is 19.1. The van der Waals surface area contributed by atoms with Crippen molar-refractivity contribution in [3.05, 3.63) is 59.4 Å². The lowest BCUT2D eigenvalue weighted by Crippen LogP contribution is -2.55. The first-order valence-corrected chi connectivity index (χ1v) is 8.54. The molecular weight excluding hydrogens is 340 g/mol. The molecule has 1 aliphatic rings. The molecule has 0 saturated carbocycles. The average molecular weight is 361 g/mol. The van der Waals surface area contributed by atoms with Gasteiger partial charge in [0.1, 0.15) is 23.4 Å². The van der Waals surface area contributed by atoms with E-state index in [1.54, 1.807) is 27.8 Å². The van der Waals surface area contributed by atoms with Crippen LogP contribution in [0.4, 0.5) is 8.78 Å². The maximum absolute atomic E-state index is 13.7. The monoisotopic (exact) mass is 361 g/mol. The summed E-state index contributed by atoms with van der Waals surface area (Å²) in [5.41, 5.74) is 0.614. The van der Waals surface area contributed by atoms with Crippen LogP contribution in [0, 0.1) is 17.6 Å². The molecule has 2 heterocycles. The Morgan fingerprint density at radius 3 is 2.81 bits per heavy atom. The lowest BCUT2D eigenvalue weighted by molar-refractivity contribution is -0.126. The molecule has 1 aromatic heterocycles. The molecule has 26 heavy (non-hydrogen) atoms. The number of halogens is 2. The van der Waals surface area contributed by atoms with Crippen molar-refractivity contribution < 1.29 is 18.4 Å². The van der Waals surface area contributed by atoms with E-state index in [0.717, 1.165) is 18.2 Å². The topological polar surface area (TPSA) is 54.3 Å². The maximum atomic E-state index is 13.7. The molecule has 5 nitrogen and oxygen atoms in total. The lowest BCUT2D eigenvalue weighted by Gasteiger charge is -2.36. The summed E-state index contributed by atoms with van der Waals surface area (Å²) in [7, 11) is 0. The number of hydrogen-bond acceptors (Lipinski definition) is 2. The summed E-state index contributed by atoms with van der Waals surface area (Å²) in [6.07, 6.45) is 1.76. The van der Waals surface area contributed by atoms with E-state index in [4.69, 9.17) is 0 Å². The van der Waals surface area contributed by atoms with Crippen LogP contribution in [0.25, 0.3) is 0 Å². The van der Waals surface area contributed by atoms with E-state index in [1.807, 2.05) is 13.8 Å². The van der Waals surface area contributed by atoms with E-state index in [9.17, 15) is 18.4 Å². The number of carbonyl (C=O) groups is 2. The Morgan fingerprint density at radius 1 is 1.31 bits per heavy atom. The minimum Gasteiger partial charge on any atom is -0.350 e. The van der Waals surface area contributed by atoms with Gasteiger partial charge in [-0.15, -0.1) is 0 Å². The molecule has 0 spiro atoms. The molecule has 2 aromatic rings. The Balaban J connectivity index is 1.77. The van der Waals surface area contributed by atoms with Crippen molar-refractivity contribution in [1.82, 2.24) is 14.8 Å². The molecule has 0 fully saturated rings. The number of rotatable bonds is 5. The molecule has 0 bridgehead atoms. The number of aromatic nitrogens is 1. The first kappa shape index (κ1) is 18.1. The molecule has 1 N–H and O–H groups in total. The van der Waals surface area contributed by atoms with Gasteiger partial charge in [0.05, 0.1) is 6.54 Å². The van der Waals surface area contributed by atoms with Crippen molar-refractivity contribution in [1.29, 1.82) is 0 Å². The summed E-state index contributed by atoms with van der Waals surface area (Å²) in [4.78, 5) is 27.0. The summed E-state index contributed by atoms with van der Waals surface area (Å²) in [5, 5.41) is 2.63. The Morgan fingerprint density at radius 2 is 2.08 bits per heavy atom. The molecule has 1 atom stereocenters. The average Bonchev–Trinajstić information content (AvgIpc) is 3.06. The second-order valence-electron chi connectivity index (χ2n) is 6.87. The zero-order valence-electron chi connectivity index (χ0n) is 14.7. The summed E-state index contributed by atoms with van der Waals surface area (Å²) < 4.78 is 28.8. The van der Waals surface area contributed by atoms with E-state index in [2.05, 4.69) is 5.32 Å². The lowest BCUT2D eigenvalue weighted by atomic mass is 10.1. The van der Waals surface area contributed by atoms with Gasteiger partial charge in [0.15, 0.2) is 0 Å². The van der Waals surface area contributed by atoms with Gasteiger partial charge in [-0.1, -0.05) is 13.8 Å². The van der Waals surface area contributed by atoms with Gasteiger partial charge in [0.2, 0.25) is 5.91 Å². The van der Waals surface area contributed by atoms with Gasteiger partial charge in [-0.25, -0.2) is 8.78 Å². The van der Waals surface area contributed by atoms with Crippen LogP contribution in [-0.4, -0.2) is 33.9 Å². The Labute approximate surface area is 150 Å². The minimum atomic E-state index is -0.693. The fraction of sp³-hybridized carbons (Fsp3) is 0.368. The van der Waals surface area contributed by atoms with Crippen LogP contribution in [0.1, 0.15) is 29.9 Å². The predicted octanol–water partition coefficient (Wildman–Crippen LogP) is 2.56. The number of nitrogens with one attached hydrogen (secondary N) is 1. The summed E-state index contributed by atoms with van der Waals surface area (Å²) in [5.74, 6) is -1.55. The van der Waals surface area contributed by atoms with Crippen LogP contribution in [0.3, 0.4) is 0 Å². The second kappa shape index (κ2) is 7.27. The summed E-state index contributed by atoms with van der Waals surface area (Å²) in [6.45, 7) is 4.58. The molecule has 1 unspecified atom stereocenters. The third kappa shape index (κ3) is 3.61. The van der Waals surface area contributed by atoms with Crippen LogP contribution in [0.5, 0.6) is 0 Å². The van der Waals surface area contributed by atoms with E-state index in [0.29, 0.717) is 18.8 Å². The van der Waals surface area contributed by atoms with Crippen LogP contribution in [0.2, 0.25) is 0 Å². The minimum absolute atomic E-state index is 0.0672. The fourth-order valence-electron chi connectivity index (χ4n) is 3.15. The number of carbonyl (C=O) groups excluding carboxylic acids is 2. The summed E-state index contributed by atoms with van der Waals surface area (Å²) in [6, 6.07) is 5.91. The van der Waals surface area contributed by atoms with Crippen LogP contribution < -0.4 is 5.32 Å². The van der Waals surface area contributed by atoms with E-state index < -0.39 is 17.7 Å². The number of amides is 2. The Kier molecular flexibility index (Phi) is 5.06. The number of nitrogens with zero attached hydrogens (tertiary/aromatic N) is 2. The maximum Gasteiger partial charge on any atom is 0.271 e. The molecule has 3 rings (SSSR count). The molecule has 0 saturated heterocycles. The highest BCUT2D eigenvalue weighted by Gasteiger charge is 2.36. The third-order valence-electron chi connectivity index (χ3n) is 4.38. The van der Waals surface area contributed by atoms with Crippen molar-refractivity contribution in [3.63, 3.8) is 0 Å². The second-order valence-corrected chi connectivity index (χ2v) is 6.87. The Bertz CT molecular complexity index is 832. The molecule has 2 amide bonds. The molecule has 0 radical (unpaired) electrons. The van der Waals surface area contributed by atoms with Crippen LogP contribution in [0.15, 0.2) is 36.5 Å². The Hall–Kier alpha value is -2.70. The smallest absolute Gasteiger partial charge is 0.271 e. The molecule has 1 aliphatic heterocycles. The molecule has 138 valence electrons. The van der Waals surface area contributed by atoms with Crippen molar-refractivity contribution in [2.75, 3.05) is 6.54 Å². The summed E-state index contributed by atoms with van der Waals surface area (Å²) >= 11 is 0. The number of benzene rings is 1. The molecule has 0 aliphatic carbocycles. The van der Waals surface area contributed by atoms with Gasteiger partial charge in [-0.2, -0.15) is 0 Å². The highest BCUT2D eigenvalue weighted by Crippen LogP contribution is 2.20. The molecular formula is C19H21F2N3O2. The third-order valence-corrected chi connectivity index (χ3v) is 4.38. The van der Waals surface area contributed by atoms with Crippen LogP contribution in [-0.2, 0) is 17.9 Å². The van der Waals surface area contributed by atoms with E-state index >= 15 is 0 Å². The number of fused-ring (bicyclic) bond motifs is 1. The first-order valence-electron chi connectivity index (χ1n) is 8.54. The SMILES string of the molecule is CC(C)CN1C(=O)c2cccn2CC1C(=O)NCc1cc(F)ccc1F.